The van der Waals surface area contributed by atoms with Gasteiger partial charge in [0.1, 0.15) is 18.5 Å². The van der Waals surface area contributed by atoms with Gasteiger partial charge in [-0.15, -0.1) is 5.10 Å². The second kappa shape index (κ2) is 7.17. The number of sulfonamides is 1. The molecule has 3 heterocycles. The van der Waals surface area contributed by atoms with Gasteiger partial charge in [0.15, 0.2) is 5.82 Å². The maximum atomic E-state index is 12.4. The normalized spacial score (nSPS) is 23.8. The number of aromatic nitrogens is 5. The first-order chi connectivity index (χ1) is 14.5. The van der Waals surface area contributed by atoms with Crippen molar-refractivity contribution in [3.05, 3.63) is 65.0 Å². The molecule has 3 aromatic rings. The zero-order valence-electron chi connectivity index (χ0n) is 15.9. The minimum atomic E-state index is -3.54. The molecule has 0 atom stereocenters. The van der Waals surface area contributed by atoms with Gasteiger partial charge in [0, 0.05) is 11.6 Å². The van der Waals surface area contributed by atoms with E-state index in [0.717, 1.165) is 25.7 Å². The van der Waals surface area contributed by atoms with Crippen LogP contribution in [0.1, 0.15) is 37.3 Å². The van der Waals surface area contributed by atoms with Crippen molar-refractivity contribution in [2.75, 3.05) is 0 Å². The van der Waals surface area contributed by atoms with Crippen LogP contribution in [-0.2, 0) is 10.0 Å². The molecule has 154 valence electrons. The zero-order valence-corrected chi connectivity index (χ0v) is 16.7. The Balaban J connectivity index is 1.34. The van der Waals surface area contributed by atoms with Crippen LogP contribution >= 0.6 is 0 Å². The van der Waals surface area contributed by atoms with Crippen LogP contribution in [0.3, 0.4) is 0 Å². The van der Waals surface area contributed by atoms with Gasteiger partial charge in [-0.25, -0.2) is 22.8 Å². The molecule has 30 heavy (non-hydrogen) atoms. The van der Waals surface area contributed by atoms with Gasteiger partial charge in [0.2, 0.25) is 0 Å². The van der Waals surface area contributed by atoms with Crippen molar-refractivity contribution >= 4 is 15.9 Å². The van der Waals surface area contributed by atoms with Crippen LogP contribution in [0.4, 0.5) is 0 Å². The van der Waals surface area contributed by atoms with Crippen LogP contribution in [0.2, 0.25) is 0 Å². The molecule has 2 aliphatic rings. The average molecular weight is 425 g/mol. The van der Waals surface area contributed by atoms with Crippen LogP contribution in [-0.4, -0.2) is 44.8 Å². The van der Waals surface area contributed by atoms with Crippen LogP contribution < -0.4 is 10.3 Å². The van der Waals surface area contributed by atoms with E-state index in [-0.39, 0.29) is 22.5 Å². The highest BCUT2D eigenvalue weighted by atomic mass is 32.2. The van der Waals surface area contributed by atoms with Gasteiger partial charge in [0.05, 0.1) is 17.0 Å². The quantitative estimate of drug-likeness (QED) is 0.669. The van der Waals surface area contributed by atoms with E-state index in [4.69, 9.17) is 0 Å². The number of fused-ring (bicyclic) bond motifs is 1. The molecule has 0 spiro atoms. The largest absolute Gasteiger partial charge is 0.268 e. The molecule has 0 radical (unpaired) electrons. The Hall–Kier alpha value is -3.34. The minimum absolute atomic E-state index is 0.0145. The van der Waals surface area contributed by atoms with Crippen molar-refractivity contribution in [1.29, 1.82) is 0 Å². The second-order valence-corrected chi connectivity index (χ2v) is 9.01. The number of amidine groups is 1. The smallest absolute Gasteiger partial charge is 0.267 e. The number of aliphatic imine (C=N–C) groups is 1. The summed E-state index contributed by atoms with van der Waals surface area (Å²) in [6, 6.07) is 9.89. The molecule has 0 amide bonds. The van der Waals surface area contributed by atoms with Crippen molar-refractivity contribution in [3.8, 4) is 5.82 Å². The van der Waals surface area contributed by atoms with E-state index in [2.05, 4.69) is 24.9 Å². The second-order valence-electron chi connectivity index (χ2n) is 7.36. The summed E-state index contributed by atoms with van der Waals surface area (Å²) in [6.45, 7) is 0. The average Bonchev–Trinajstić information content (AvgIpc) is 3.37. The van der Waals surface area contributed by atoms with Crippen LogP contribution in [0, 0.1) is 0 Å². The van der Waals surface area contributed by atoms with Gasteiger partial charge in [-0.3, -0.25) is 14.5 Å². The van der Waals surface area contributed by atoms with Crippen molar-refractivity contribution in [1.82, 2.24) is 29.3 Å². The Morgan fingerprint density at radius 2 is 1.87 bits per heavy atom. The van der Waals surface area contributed by atoms with E-state index in [1.165, 1.54) is 28.1 Å². The summed E-state index contributed by atoms with van der Waals surface area (Å²) in [7, 11) is -3.54. The Morgan fingerprint density at radius 3 is 2.63 bits per heavy atom. The molecule has 0 unspecified atom stereocenters. The number of nitrogens with zero attached hydrogens (tertiary/aromatic N) is 6. The number of benzene rings is 1. The highest BCUT2D eigenvalue weighted by Crippen LogP contribution is 2.30. The molecule has 10 nitrogen and oxygen atoms in total. The lowest BCUT2D eigenvalue weighted by molar-refractivity contribution is 0.295. The van der Waals surface area contributed by atoms with Gasteiger partial charge in [0.25, 0.3) is 15.6 Å². The molecule has 1 N–H and O–H groups in total. The summed E-state index contributed by atoms with van der Waals surface area (Å²) >= 11 is 0. The third-order valence-electron chi connectivity index (χ3n) is 5.45. The molecule has 1 aliphatic carbocycles. The fraction of sp³-hybridized carbons (Fsp3) is 0.316. The van der Waals surface area contributed by atoms with Crippen molar-refractivity contribution in [3.63, 3.8) is 0 Å². The molecular weight excluding hydrogens is 406 g/mol. The monoisotopic (exact) mass is 425 g/mol. The first kappa shape index (κ1) is 18.7. The van der Waals surface area contributed by atoms with E-state index in [1.807, 2.05) is 0 Å². The summed E-state index contributed by atoms with van der Waals surface area (Å²) < 4.78 is 30.1. The maximum absolute atomic E-state index is 12.4. The molecule has 2 aromatic heterocycles. The van der Waals surface area contributed by atoms with Crippen LogP contribution in [0.15, 0.2) is 63.7 Å². The molecule has 1 fully saturated rings. The third-order valence-corrected chi connectivity index (χ3v) is 6.85. The number of rotatable bonds is 3. The lowest BCUT2D eigenvalue weighted by atomic mass is 9.91. The number of hydrogen-bond donors (Lipinski definition) is 1. The Labute approximate surface area is 172 Å². The lowest BCUT2D eigenvalue weighted by Crippen LogP contribution is -2.32. The SMILES string of the molecule is O=c1ccc(-n2cncn2)nn1C1CCC(N=C2NS(=O)(=O)c3ccccc32)CC1. The molecule has 1 saturated carbocycles. The Bertz CT molecular complexity index is 1270. The van der Waals surface area contributed by atoms with Crippen molar-refractivity contribution in [2.45, 2.75) is 42.7 Å². The highest BCUT2D eigenvalue weighted by Gasteiger charge is 2.32. The Morgan fingerprint density at radius 1 is 1.07 bits per heavy atom. The van der Waals surface area contributed by atoms with Crippen molar-refractivity contribution < 1.29 is 8.42 Å². The zero-order chi connectivity index (χ0) is 20.7. The van der Waals surface area contributed by atoms with Crippen LogP contribution in [0.5, 0.6) is 0 Å². The summed E-state index contributed by atoms with van der Waals surface area (Å²) in [6.07, 6.45) is 5.87. The fourth-order valence-corrected chi connectivity index (χ4v) is 5.21. The maximum Gasteiger partial charge on any atom is 0.267 e. The first-order valence-electron chi connectivity index (χ1n) is 9.66. The minimum Gasteiger partial charge on any atom is -0.268 e. The Kier molecular flexibility index (Phi) is 4.46. The summed E-state index contributed by atoms with van der Waals surface area (Å²) in [5.74, 6) is 0.934. The van der Waals surface area contributed by atoms with E-state index in [0.29, 0.717) is 17.2 Å². The van der Waals surface area contributed by atoms with Gasteiger partial charge in [-0.05, 0) is 43.9 Å². The predicted molar refractivity (Wildman–Crippen MR) is 108 cm³/mol. The highest BCUT2D eigenvalue weighted by molar-refractivity contribution is 7.90. The number of nitrogens with one attached hydrogen (secondary N) is 1. The molecular formula is C19H19N7O3S. The predicted octanol–water partition coefficient (Wildman–Crippen LogP) is 1.05. The summed E-state index contributed by atoms with van der Waals surface area (Å²) in [4.78, 5) is 21.2. The van der Waals surface area contributed by atoms with E-state index < -0.39 is 10.0 Å². The fourth-order valence-electron chi connectivity index (χ4n) is 3.97. The van der Waals surface area contributed by atoms with Crippen molar-refractivity contribution in [2.24, 2.45) is 4.99 Å². The van der Waals surface area contributed by atoms with Gasteiger partial charge < -0.3 is 0 Å². The summed E-state index contributed by atoms with van der Waals surface area (Å²) in [5.41, 5.74) is 0.448. The molecule has 11 heteroatoms. The van der Waals surface area contributed by atoms with Gasteiger partial charge in [-0.1, -0.05) is 12.1 Å². The molecule has 1 aromatic carbocycles. The van der Waals surface area contributed by atoms with Gasteiger partial charge >= 0.3 is 0 Å². The topological polar surface area (TPSA) is 124 Å². The first-order valence-corrected chi connectivity index (χ1v) is 11.1. The molecule has 5 rings (SSSR count). The summed E-state index contributed by atoms with van der Waals surface area (Å²) in [5, 5.41) is 8.51. The van der Waals surface area contributed by atoms with E-state index in [1.54, 1.807) is 30.3 Å². The lowest BCUT2D eigenvalue weighted by Gasteiger charge is -2.27. The van der Waals surface area contributed by atoms with E-state index in [9.17, 15) is 13.2 Å². The van der Waals surface area contributed by atoms with Crippen LogP contribution in [0.25, 0.3) is 5.82 Å². The third kappa shape index (κ3) is 3.30. The molecule has 0 bridgehead atoms. The molecule has 1 aliphatic heterocycles. The van der Waals surface area contributed by atoms with Gasteiger partial charge in [-0.2, -0.15) is 5.10 Å². The standard InChI is InChI=1S/C19H19N7O3S/c27-18-10-9-17(25-12-20-11-21-25)23-26(18)14-7-5-13(6-8-14)22-19-15-3-1-2-4-16(15)30(28,29)24-19/h1-4,9-14H,5-8H2,(H,22,24). The number of hydrogen-bond acceptors (Lipinski definition) is 7. The molecule has 0 saturated heterocycles. The van der Waals surface area contributed by atoms with E-state index >= 15 is 0 Å².